The maximum absolute atomic E-state index is 12.7. The summed E-state index contributed by atoms with van der Waals surface area (Å²) < 4.78 is 12.7. The van der Waals surface area contributed by atoms with Crippen molar-refractivity contribution in [3.05, 3.63) is 35.6 Å². The highest BCUT2D eigenvalue weighted by molar-refractivity contribution is 5.94. The van der Waals surface area contributed by atoms with Gasteiger partial charge in [0.25, 0.3) is 0 Å². The maximum atomic E-state index is 12.7. The van der Waals surface area contributed by atoms with Gasteiger partial charge >= 0.3 is 11.9 Å². The molecular formula is C13H18FN3O3. The molecule has 1 aromatic rings. The molecule has 0 radical (unpaired) electrons. The molecule has 0 aliphatic carbocycles. The number of rotatable bonds is 4. The second-order valence-corrected chi connectivity index (χ2v) is 4.46. The average Bonchev–Trinajstić information content (AvgIpc) is 2.45. The van der Waals surface area contributed by atoms with Gasteiger partial charge in [0.2, 0.25) is 0 Å². The summed E-state index contributed by atoms with van der Waals surface area (Å²) in [7, 11) is 0. The van der Waals surface area contributed by atoms with Crippen molar-refractivity contribution in [3.63, 3.8) is 0 Å². The Kier molecular flexibility index (Phi) is 5.60. The normalized spacial score (nSPS) is 13.4. The SMILES string of the molecule is CCC(C)C(N)C(=O)ON(N)C(=O)c1ccc(F)cc1. The predicted octanol–water partition coefficient (Wildman–Crippen LogP) is 0.973. The van der Waals surface area contributed by atoms with E-state index >= 15 is 0 Å². The number of amides is 1. The van der Waals surface area contributed by atoms with Crippen LogP contribution in [0.25, 0.3) is 0 Å². The van der Waals surface area contributed by atoms with Gasteiger partial charge in [-0.15, -0.1) is 0 Å². The zero-order valence-electron chi connectivity index (χ0n) is 11.4. The summed E-state index contributed by atoms with van der Waals surface area (Å²) in [6.07, 6.45) is 0.687. The lowest BCUT2D eigenvalue weighted by atomic mass is 10.0. The van der Waals surface area contributed by atoms with Crippen LogP contribution < -0.4 is 11.6 Å². The Bertz CT molecular complexity index is 478. The van der Waals surface area contributed by atoms with Crippen LogP contribution in [0.3, 0.4) is 0 Å². The van der Waals surface area contributed by atoms with E-state index in [0.717, 1.165) is 12.1 Å². The molecule has 0 aliphatic heterocycles. The number of hydrogen-bond acceptors (Lipinski definition) is 5. The summed E-state index contributed by atoms with van der Waals surface area (Å²) in [5.41, 5.74) is 5.76. The molecule has 0 aromatic heterocycles. The molecule has 0 heterocycles. The van der Waals surface area contributed by atoms with Crippen LogP contribution in [0.15, 0.2) is 24.3 Å². The van der Waals surface area contributed by atoms with E-state index in [0.29, 0.717) is 11.6 Å². The van der Waals surface area contributed by atoms with Gasteiger partial charge in [0.1, 0.15) is 11.9 Å². The first kappa shape index (κ1) is 16.1. The van der Waals surface area contributed by atoms with E-state index in [4.69, 9.17) is 11.6 Å². The largest absolute Gasteiger partial charge is 0.351 e. The fraction of sp³-hybridized carbons (Fsp3) is 0.385. The Balaban J connectivity index is 2.66. The third kappa shape index (κ3) is 4.01. The lowest BCUT2D eigenvalue weighted by molar-refractivity contribution is -0.181. The first-order valence-corrected chi connectivity index (χ1v) is 6.19. The fourth-order valence-corrected chi connectivity index (χ4v) is 1.41. The highest BCUT2D eigenvalue weighted by Crippen LogP contribution is 2.09. The van der Waals surface area contributed by atoms with Crippen LogP contribution in [-0.2, 0) is 9.63 Å². The number of hydrogen-bond donors (Lipinski definition) is 2. The van der Waals surface area contributed by atoms with Crippen LogP contribution >= 0.6 is 0 Å². The molecule has 0 spiro atoms. The van der Waals surface area contributed by atoms with E-state index in [1.165, 1.54) is 12.1 Å². The van der Waals surface area contributed by atoms with E-state index in [2.05, 4.69) is 4.84 Å². The van der Waals surface area contributed by atoms with Gasteiger partial charge in [-0.1, -0.05) is 25.4 Å². The number of nitrogens with zero attached hydrogens (tertiary/aromatic N) is 1. The van der Waals surface area contributed by atoms with Crippen molar-refractivity contribution in [2.45, 2.75) is 26.3 Å². The van der Waals surface area contributed by atoms with E-state index in [-0.39, 0.29) is 11.5 Å². The third-order valence-electron chi connectivity index (χ3n) is 3.01. The lowest BCUT2D eigenvalue weighted by Gasteiger charge is -2.20. The number of hydroxylamine groups is 1. The van der Waals surface area contributed by atoms with Crippen molar-refractivity contribution < 1.29 is 18.8 Å². The highest BCUT2D eigenvalue weighted by atomic mass is 19.1. The van der Waals surface area contributed by atoms with Crippen LogP contribution in [-0.4, -0.2) is 23.1 Å². The monoisotopic (exact) mass is 283 g/mol. The van der Waals surface area contributed by atoms with Gasteiger partial charge in [0, 0.05) is 5.56 Å². The fourth-order valence-electron chi connectivity index (χ4n) is 1.41. The molecule has 0 saturated carbocycles. The molecule has 2 atom stereocenters. The minimum Gasteiger partial charge on any atom is -0.320 e. The Morgan fingerprint density at radius 1 is 1.35 bits per heavy atom. The van der Waals surface area contributed by atoms with Crippen LogP contribution in [0.5, 0.6) is 0 Å². The van der Waals surface area contributed by atoms with Gasteiger partial charge < -0.3 is 10.6 Å². The van der Waals surface area contributed by atoms with Gasteiger partial charge in [-0.05, 0) is 30.2 Å². The van der Waals surface area contributed by atoms with Gasteiger partial charge in [0.05, 0.1) is 0 Å². The van der Waals surface area contributed by atoms with Crippen molar-refractivity contribution in [1.82, 2.24) is 5.17 Å². The quantitative estimate of drug-likeness (QED) is 0.487. The van der Waals surface area contributed by atoms with Gasteiger partial charge in [-0.3, -0.25) is 4.79 Å². The molecule has 7 heteroatoms. The van der Waals surface area contributed by atoms with Gasteiger partial charge in [0.15, 0.2) is 0 Å². The van der Waals surface area contributed by atoms with Crippen LogP contribution in [0.1, 0.15) is 30.6 Å². The van der Waals surface area contributed by atoms with Crippen LogP contribution in [0, 0.1) is 11.7 Å². The lowest BCUT2D eigenvalue weighted by Crippen LogP contribution is -2.46. The predicted molar refractivity (Wildman–Crippen MR) is 70.3 cm³/mol. The summed E-state index contributed by atoms with van der Waals surface area (Å²) in [5, 5.41) is 0.303. The first-order valence-electron chi connectivity index (χ1n) is 6.19. The number of hydrazine groups is 1. The second-order valence-electron chi connectivity index (χ2n) is 4.46. The molecule has 6 nitrogen and oxygen atoms in total. The minimum absolute atomic E-state index is 0.0961. The topological polar surface area (TPSA) is 98.7 Å². The summed E-state index contributed by atoms with van der Waals surface area (Å²) in [4.78, 5) is 28.2. The van der Waals surface area contributed by atoms with Crippen LogP contribution in [0.4, 0.5) is 4.39 Å². The number of carbonyl (C=O) groups is 2. The molecule has 2 unspecified atom stereocenters. The summed E-state index contributed by atoms with van der Waals surface area (Å²) >= 11 is 0. The third-order valence-corrected chi connectivity index (χ3v) is 3.01. The number of halogens is 1. The van der Waals surface area contributed by atoms with E-state index in [1.54, 1.807) is 6.92 Å². The zero-order valence-corrected chi connectivity index (χ0v) is 11.4. The molecule has 0 saturated heterocycles. The summed E-state index contributed by atoms with van der Waals surface area (Å²) in [6, 6.07) is 3.81. The number of benzene rings is 1. The second kappa shape index (κ2) is 6.97. The Morgan fingerprint density at radius 2 is 1.90 bits per heavy atom. The Morgan fingerprint density at radius 3 is 2.40 bits per heavy atom. The van der Waals surface area contributed by atoms with E-state index < -0.39 is 23.7 Å². The zero-order chi connectivity index (χ0) is 15.3. The molecule has 4 N–H and O–H groups in total. The molecule has 0 aliphatic rings. The van der Waals surface area contributed by atoms with E-state index in [1.807, 2.05) is 6.92 Å². The van der Waals surface area contributed by atoms with Crippen molar-refractivity contribution in [2.75, 3.05) is 0 Å². The molecule has 1 amide bonds. The van der Waals surface area contributed by atoms with Crippen molar-refractivity contribution in [3.8, 4) is 0 Å². The summed E-state index contributed by atoms with van der Waals surface area (Å²) in [5.74, 6) is 3.21. The summed E-state index contributed by atoms with van der Waals surface area (Å²) in [6.45, 7) is 3.66. The smallest absolute Gasteiger partial charge is 0.320 e. The van der Waals surface area contributed by atoms with Crippen molar-refractivity contribution >= 4 is 11.9 Å². The van der Waals surface area contributed by atoms with Crippen LogP contribution in [0.2, 0.25) is 0 Å². The Hall–Kier alpha value is -1.99. The maximum Gasteiger partial charge on any atom is 0.351 e. The first-order chi connectivity index (χ1) is 9.36. The molecular weight excluding hydrogens is 265 g/mol. The standard InChI is InChI=1S/C13H18FN3O3/c1-3-8(2)11(15)13(19)20-17(16)12(18)9-4-6-10(14)7-5-9/h4-8,11H,3,15-16H2,1-2H3. The molecule has 1 rings (SSSR count). The minimum atomic E-state index is -0.868. The molecule has 1 aromatic carbocycles. The van der Waals surface area contributed by atoms with E-state index in [9.17, 15) is 14.0 Å². The molecule has 0 bridgehead atoms. The number of nitrogens with two attached hydrogens (primary N) is 2. The van der Waals surface area contributed by atoms with Gasteiger partial charge in [-0.2, -0.15) is 0 Å². The molecule has 110 valence electrons. The molecule has 20 heavy (non-hydrogen) atoms. The average molecular weight is 283 g/mol. The van der Waals surface area contributed by atoms with Gasteiger partial charge in [-0.25, -0.2) is 15.0 Å². The molecule has 0 fully saturated rings. The number of carbonyl (C=O) groups excluding carboxylic acids is 2. The van der Waals surface area contributed by atoms with Crippen molar-refractivity contribution in [1.29, 1.82) is 0 Å². The highest BCUT2D eigenvalue weighted by Gasteiger charge is 2.25. The van der Waals surface area contributed by atoms with Crippen molar-refractivity contribution in [2.24, 2.45) is 17.5 Å². The Labute approximate surface area is 116 Å².